The summed E-state index contributed by atoms with van der Waals surface area (Å²) in [7, 11) is 1.50. The summed E-state index contributed by atoms with van der Waals surface area (Å²) in [5, 5.41) is 3.88. The SMILES string of the molecule is CCC(=O)OCc1cnc(C)c2oc(=Nc3ccc(C)c(C)c3)c(C(=O)Nc3cc(Cl)ccc3OC)cc12. The van der Waals surface area contributed by atoms with Crippen LogP contribution in [-0.4, -0.2) is 24.0 Å². The maximum atomic E-state index is 13.6. The highest BCUT2D eigenvalue weighted by Crippen LogP contribution is 2.29. The van der Waals surface area contributed by atoms with Gasteiger partial charge in [-0.3, -0.25) is 14.6 Å². The second-order valence-corrected chi connectivity index (χ2v) is 9.21. The van der Waals surface area contributed by atoms with E-state index in [1.165, 1.54) is 7.11 Å². The molecule has 4 rings (SSSR count). The van der Waals surface area contributed by atoms with Crippen LogP contribution >= 0.6 is 11.6 Å². The van der Waals surface area contributed by atoms with Crippen LogP contribution in [0, 0.1) is 20.8 Å². The number of pyridine rings is 1. The summed E-state index contributed by atoms with van der Waals surface area (Å²) in [6.45, 7) is 7.50. The quantitative estimate of drug-likeness (QED) is 0.277. The van der Waals surface area contributed by atoms with Gasteiger partial charge in [0, 0.05) is 28.6 Å². The highest BCUT2D eigenvalue weighted by Gasteiger charge is 2.19. The minimum atomic E-state index is -0.482. The Morgan fingerprint density at radius 3 is 2.58 bits per heavy atom. The molecule has 8 nitrogen and oxygen atoms in total. The largest absolute Gasteiger partial charge is 0.495 e. The Balaban J connectivity index is 1.91. The first kappa shape index (κ1) is 26.9. The number of carbonyl (C=O) groups excluding carboxylic acids is 2. The van der Waals surface area contributed by atoms with Crippen molar-refractivity contribution in [1.82, 2.24) is 4.98 Å². The molecule has 4 aromatic rings. The Kier molecular flexibility index (Phi) is 8.12. The fourth-order valence-corrected chi connectivity index (χ4v) is 3.96. The molecule has 0 atom stereocenters. The Hall–Kier alpha value is -4.17. The van der Waals surface area contributed by atoms with Crippen LogP contribution in [0.15, 0.2) is 58.1 Å². The van der Waals surface area contributed by atoms with E-state index in [9.17, 15) is 9.59 Å². The third kappa shape index (κ3) is 5.86. The average molecular weight is 534 g/mol. The number of aromatic nitrogens is 1. The minimum absolute atomic E-state index is 0.0111. The molecule has 38 heavy (non-hydrogen) atoms. The number of aryl methyl sites for hydroxylation is 3. The summed E-state index contributed by atoms with van der Waals surface area (Å²) >= 11 is 6.17. The molecule has 0 saturated heterocycles. The molecule has 9 heteroatoms. The Morgan fingerprint density at radius 2 is 1.87 bits per heavy atom. The standard InChI is InChI=1S/C29H28ClN3O5/c1-6-26(34)37-15-19-14-31-18(4)27-22(19)13-23(28(35)33-24-12-20(30)8-10-25(24)36-5)29(38-27)32-21-9-7-16(2)17(3)11-21/h7-14H,6,15H2,1-5H3,(H,33,35). The molecule has 1 N–H and O–H groups in total. The van der Waals surface area contributed by atoms with Gasteiger partial charge in [0.2, 0.25) is 5.55 Å². The lowest BCUT2D eigenvalue weighted by Gasteiger charge is -2.13. The van der Waals surface area contributed by atoms with Crippen LogP contribution in [0.25, 0.3) is 11.0 Å². The Labute approximate surface area is 225 Å². The molecule has 0 radical (unpaired) electrons. The van der Waals surface area contributed by atoms with Crippen molar-refractivity contribution >= 4 is 45.8 Å². The molecular weight excluding hydrogens is 506 g/mol. The minimum Gasteiger partial charge on any atom is -0.495 e. The monoisotopic (exact) mass is 533 g/mol. The fraction of sp³-hybridized carbons (Fsp3) is 0.241. The van der Waals surface area contributed by atoms with Crippen LogP contribution in [-0.2, 0) is 16.1 Å². The Morgan fingerprint density at radius 1 is 1.08 bits per heavy atom. The van der Waals surface area contributed by atoms with Crippen LogP contribution < -0.4 is 15.6 Å². The molecule has 0 aliphatic carbocycles. The summed E-state index contributed by atoms with van der Waals surface area (Å²) in [5.41, 5.74) is 5.12. The first-order valence-electron chi connectivity index (χ1n) is 12.0. The maximum Gasteiger partial charge on any atom is 0.305 e. The second-order valence-electron chi connectivity index (χ2n) is 8.77. The number of benzene rings is 2. The molecule has 2 aromatic heterocycles. The van der Waals surface area contributed by atoms with Gasteiger partial charge in [-0.1, -0.05) is 24.6 Å². The number of halogens is 1. The number of hydrogen-bond acceptors (Lipinski definition) is 7. The molecule has 0 spiro atoms. The number of nitrogens with one attached hydrogen (secondary N) is 1. The lowest BCUT2D eigenvalue weighted by molar-refractivity contribution is -0.144. The molecule has 0 aliphatic heterocycles. The third-order valence-electron chi connectivity index (χ3n) is 6.10. The van der Waals surface area contributed by atoms with E-state index in [4.69, 9.17) is 25.5 Å². The van der Waals surface area contributed by atoms with E-state index in [1.54, 1.807) is 44.3 Å². The number of fused-ring (bicyclic) bond motifs is 1. The highest BCUT2D eigenvalue weighted by molar-refractivity contribution is 6.31. The molecule has 2 aromatic carbocycles. The molecule has 0 fully saturated rings. The number of ether oxygens (including phenoxy) is 2. The summed E-state index contributed by atoms with van der Waals surface area (Å²) in [6, 6.07) is 12.3. The van der Waals surface area contributed by atoms with Gasteiger partial charge in [0.05, 0.1) is 24.2 Å². The number of esters is 1. The fourth-order valence-electron chi connectivity index (χ4n) is 3.79. The predicted molar refractivity (Wildman–Crippen MR) is 146 cm³/mol. The summed E-state index contributed by atoms with van der Waals surface area (Å²) in [4.78, 5) is 34.5. The zero-order valence-electron chi connectivity index (χ0n) is 21.8. The van der Waals surface area contributed by atoms with Crippen molar-refractivity contribution in [2.24, 2.45) is 4.99 Å². The van der Waals surface area contributed by atoms with Gasteiger partial charge >= 0.3 is 5.97 Å². The van der Waals surface area contributed by atoms with Crippen molar-refractivity contribution < 1.29 is 23.5 Å². The molecule has 2 heterocycles. The molecule has 0 bridgehead atoms. The first-order chi connectivity index (χ1) is 18.2. The van der Waals surface area contributed by atoms with Gasteiger partial charge in [0.25, 0.3) is 5.91 Å². The molecule has 1 amide bonds. The van der Waals surface area contributed by atoms with Gasteiger partial charge in [-0.05, 0) is 68.3 Å². The second kappa shape index (κ2) is 11.5. The average Bonchev–Trinajstić information content (AvgIpc) is 2.90. The normalized spacial score (nSPS) is 11.5. The number of amides is 1. The van der Waals surface area contributed by atoms with Crippen molar-refractivity contribution in [1.29, 1.82) is 0 Å². The van der Waals surface area contributed by atoms with Crippen LogP contribution in [0.5, 0.6) is 5.75 Å². The summed E-state index contributed by atoms with van der Waals surface area (Å²) in [6.07, 6.45) is 1.85. The maximum absolute atomic E-state index is 13.6. The topological polar surface area (TPSA) is 103 Å². The van der Waals surface area contributed by atoms with Gasteiger partial charge in [0.1, 0.15) is 17.9 Å². The number of rotatable bonds is 7. The van der Waals surface area contributed by atoms with E-state index in [0.717, 1.165) is 11.1 Å². The number of anilines is 1. The van der Waals surface area contributed by atoms with Crippen molar-refractivity contribution in [3.05, 3.63) is 87.2 Å². The van der Waals surface area contributed by atoms with E-state index in [0.29, 0.717) is 44.4 Å². The lowest BCUT2D eigenvalue weighted by Crippen LogP contribution is -2.22. The van der Waals surface area contributed by atoms with E-state index >= 15 is 0 Å². The van der Waals surface area contributed by atoms with Gasteiger partial charge < -0.3 is 19.2 Å². The van der Waals surface area contributed by atoms with Crippen LogP contribution in [0.1, 0.15) is 46.1 Å². The van der Waals surface area contributed by atoms with Gasteiger partial charge in [-0.15, -0.1) is 0 Å². The third-order valence-corrected chi connectivity index (χ3v) is 6.34. The van der Waals surface area contributed by atoms with Crippen molar-refractivity contribution in [2.45, 2.75) is 40.7 Å². The number of nitrogens with zero attached hydrogens (tertiary/aromatic N) is 2. The van der Waals surface area contributed by atoms with Crippen molar-refractivity contribution in [3.63, 3.8) is 0 Å². The van der Waals surface area contributed by atoms with Gasteiger partial charge in [-0.2, -0.15) is 0 Å². The van der Waals surface area contributed by atoms with Crippen molar-refractivity contribution in [2.75, 3.05) is 12.4 Å². The van der Waals surface area contributed by atoms with E-state index in [1.807, 2.05) is 32.0 Å². The molecule has 0 unspecified atom stereocenters. The van der Waals surface area contributed by atoms with E-state index in [-0.39, 0.29) is 30.1 Å². The smallest absolute Gasteiger partial charge is 0.305 e. The van der Waals surface area contributed by atoms with Crippen molar-refractivity contribution in [3.8, 4) is 5.75 Å². The molecule has 0 aliphatic rings. The summed E-state index contributed by atoms with van der Waals surface area (Å²) < 4.78 is 16.9. The van der Waals surface area contributed by atoms with Gasteiger partial charge in [0.15, 0.2) is 5.58 Å². The number of carbonyl (C=O) groups is 2. The Bertz CT molecular complexity index is 1610. The van der Waals surface area contributed by atoms with E-state index < -0.39 is 5.91 Å². The molecule has 0 saturated carbocycles. The lowest BCUT2D eigenvalue weighted by atomic mass is 10.1. The first-order valence-corrected chi connectivity index (χ1v) is 12.4. The van der Waals surface area contributed by atoms with Crippen LogP contribution in [0.2, 0.25) is 5.02 Å². The molecular formula is C29H28ClN3O5. The van der Waals surface area contributed by atoms with E-state index in [2.05, 4.69) is 15.3 Å². The summed E-state index contributed by atoms with van der Waals surface area (Å²) in [5.74, 6) is -0.381. The number of hydrogen-bond donors (Lipinski definition) is 1. The highest BCUT2D eigenvalue weighted by atomic mass is 35.5. The predicted octanol–water partition coefficient (Wildman–Crippen LogP) is 6.35. The zero-order valence-corrected chi connectivity index (χ0v) is 22.6. The van der Waals surface area contributed by atoms with Crippen LogP contribution in [0.3, 0.4) is 0 Å². The zero-order chi connectivity index (χ0) is 27.4. The van der Waals surface area contributed by atoms with Gasteiger partial charge in [-0.25, -0.2) is 4.99 Å². The molecule has 196 valence electrons. The number of methoxy groups -OCH3 is 1. The van der Waals surface area contributed by atoms with Crippen LogP contribution in [0.4, 0.5) is 11.4 Å².